The van der Waals surface area contributed by atoms with Crippen LogP contribution in [-0.2, 0) is 28.7 Å². The Hall–Kier alpha value is -4.51. The number of carbonyl (C=O) groups is 2. The molecule has 0 radical (unpaired) electrons. The van der Waals surface area contributed by atoms with Gasteiger partial charge in [-0.25, -0.2) is 4.98 Å². The number of hydrogen-bond donors (Lipinski definition) is 3. The summed E-state index contributed by atoms with van der Waals surface area (Å²) < 4.78 is 39.7. The van der Waals surface area contributed by atoms with Crippen LogP contribution in [0.4, 0.5) is 19.0 Å². The molecule has 4 aromatic rings. The van der Waals surface area contributed by atoms with Crippen molar-refractivity contribution in [2.75, 3.05) is 11.9 Å². The lowest BCUT2D eigenvalue weighted by molar-refractivity contribution is -0.138. The number of carbonyl (C=O) groups excluding carboxylic acids is 1. The highest BCUT2D eigenvalue weighted by molar-refractivity contribution is 5.95. The van der Waals surface area contributed by atoms with Gasteiger partial charge in [-0.05, 0) is 41.8 Å². The summed E-state index contributed by atoms with van der Waals surface area (Å²) in [5.74, 6) is -1.03. The van der Waals surface area contributed by atoms with E-state index >= 15 is 0 Å². The molecule has 11 heteroatoms. The Labute approximate surface area is 216 Å². The van der Waals surface area contributed by atoms with Crippen LogP contribution in [0.1, 0.15) is 22.7 Å². The van der Waals surface area contributed by atoms with Crippen molar-refractivity contribution >= 4 is 17.7 Å². The number of carboxylic acids is 1. The lowest BCUT2D eigenvalue weighted by Gasteiger charge is -2.19. The molecular formula is C27H24F3N5O3. The van der Waals surface area contributed by atoms with Gasteiger partial charge >= 0.3 is 12.1 Å². The normalized spacial score (nSPS) is 12.2. The monoisotopic (exact) mass is 523 g/mol. The third-order valence-electron chi connectivity index (χ3n) is 5.72. The van der Waals surface area contributed by atoms with Crippen molar-refractivity contribution in [2.45, 2.75) is 25.2 Å². The van der Waals surface area contributed by atoms with E-state index in [0.29, 0.717) is 35.5 Å². The molecule has 0 aliphatic carbocycles. The number of nitrogens with one attached hydrogen (secondary N) is 2. The van der Waals surface area contributed by atoms with Gasteiger partial charge in [0.05, 0.1) is 11.8 Å². The van der Waals surface area contributed by atoms with E-state index in [-0.39, 0.29) is 12.5 Å². The highest BCUT2D eigenvalue weighted by Crippen LogP contribution is 2.29. The number of carboxylic acid groups (broad SMARTS) is 1. The molecule has 0 spiro atoms. The van der Waals surface area contributed by atoms with Gasteiger partial charge in [0.2, 0.25) is 5.91 Å². The highest BCUT2D eigenvalue weighted by atomic mass is 19.4. The largest absolute Gasteiger partial charge is 0.480 e. The number of aromatic nitrogens is 3. The first-order valence-electron chi connectivity index (χ1n) is 11.6. The van der Waals surface area contributed by atoms with Crippen molar-refractivity contribution in [3.63, 3.8) is 0 Å². The van der Waals surface area contributed by atoms with Gasteiger partial charge in [-0.3, -0.25) is 14.3 Å². The summed E-state index contributed by atoms with van der Waals surface area (Å²) in [6, 6.07) is 16.7. The lowest BCUT2D eigenvalue weighted by Crippen LogP contribution is -2.34. The maximum atomic E-state index is 13.2. The van der Waals surface area contributed by atoms with Crippen molar-refractivity contribution < 1.29 is 27.9 Å². The van der Waals surface area contributed by atoms with Gasteiger partial charge in [-0.1, -0.05) is 42.5 Å². The van der Waals surface area contributed by atoms with Crippen LogP contribution in [0.3, 0.4) is 0 Å². The van der Waals surface area contributed by atoms with E-state index < -0.39 is 23.8 Å². The summed E-state index contributed by atoms with van der Waals surface area (Å²) in [7, 11) is 0. The van der Waals surface area contributed by atoms with Crippen molar-refractivity contribution in [3.05, 3.63) is 102 Å². The third kappa shape index (κ3) is 7.04. The third-order valence-corrected chi connectivity index (χ3v) is 5.72. The zero-order chi connectivity index (χ0) is 27.1. The number of benzene rings is 2. The molecule has 8 nitrogen and oxygen atoms in total. The topological polar surface area (TPSA) is 109 Å². The number of nitrogens with zero attached hydrogens (tertiary/aromatic N) is 3. The van der Waals surface area contributed by atoms with E-state index in [4.69, 9.17) is 5.11 Å². The summed E-state index contributed by atoms with van der Waals surface area (Å²) in [5.41, 5.74) is 2.11. The average Bonchev–Trinajstić information content (AvgIpc) is 3.35. The molecule has 4 rings (SSSR count). The van der Waals surface area contributed by atoms with Crippen molar-refractivity contribution in [1.82, 2.24) is 20.1 Å². The molecule has 0 fully saturated rings. The zero-order valence-electron chi connectivity index (χ0n) is 20.0. The number of hydrogen-bond acceptors (Lipinski definition) is 5. The molecule has 38 heavy (non-hydrogen) atoms. The molecule has 196 valence electrons. The predicted octanol–water partition coefficient (Wildman–Crippen LogP) is 4.56. The Balaban J connectivity index is 1.40. The Morgan fingerprint density at radius 2 is 1.68 bits per heavy atom. The van der Waals surface area contributed by atoms with Crippen LogP contribution in [-0.4, -0.2) is 38.3 Å². The fourth-order valence-electron chi connectivity index (χ4n) is 3.80. The molecule has 0 aliphatic rings. The van der Waals surface area contributed by atoms with Gasteiger partial charge in [0.1, 0.15) is 18.4 Å². The van der Waals surface area contributed by atoms with Gasteiger partial charge in [0.15, 0.2) is 0 Å². The quantitative estimate of drug-likeness (QED) is 0.281. The average molecular weight is 524 g/mol. The number of anilines is 1. The van der Waals surface area contributed by atoms with Crippen LogP contribution in [0.2, 0.25) is 0 Å². The second-order valence-electron chi connectivity index (χ2n) is 8.48. The minimum absolute atomic E-state index is 0.256. The predicted molar refractivity (Wildman–Crippen MR) is 134 cm³/mol. The SMILES string of the molecule is O=C(O)Cn1cc(-c2ccc(NC(=O)C(NCCc3ccc(C(F)(F)F)cc3)c3ccccc3)nc2)cn1. The molecule has 0 aliphatic heterocycles. The molecule has 2 aromatic heterocycles. The van der Waals surface area contributed by atoms with Crippen LogP contribution in [0, 0.1) is 0 Å². The minimum Gasteiger partial charge on any atom is -0.480 e. The Bertz CT molecular complexity index is 1370. The summed E-state index contributed by atoms with van der Waals surface area (Å²) >= 11 is 0. The van der Waals surface area contributed by atoms with Crippen molar-refractivity contribution in [2.24, 2.45) is 0 Å². The van der Waals surface area contributed by atoms with Crippen LogP contribution < -0.4 is 10.6 Å². The van der Waals surface area contributed by atoms with E-state index in [0.717, 1.165) is 17.7 Å². The molecule has 2 aromatic carbocycles. The second-order valence-corrected chi connectivity index (χ2v) is 8.48. The maximum Gasteiger partial charge on any atom is 0.416 e. The highest BCUT2D eigenvalue weighted by Gasteiger charge is 2.30. The minimum atomic E-state index is -4.39. The van der Waals surface area contributed by atoms with Gasteiger partial charge in [0.25, 0.3) is 0 Å². The standard InChI is InChI=1S/C27H24F3N5O3/c28-27(29,30)22-9-6-18(7-10-22)12-13-31-25(19-4-2-1-3-5-19)26(38)34-23-11-8-20(14-32-23)21-15-33-35(16-21)17-24(36)37/h1-11,14-16,25,31H,12-13,17H2,(H,36,37)(H,32,34,38). The molecule has 1 atom stereocenters. The summed E-state index contributed by atoms with van der Waals surface area (Å²) in [5, 5.41) is 18.9. The van der Waals surface area contributed by atoms with Crippen LogP contribution in [0.5, 0.6) is 0 Å². The Morgan fingerprint density at radius 1 is 0.947 bits per heavy atom. The number of halogens is 3. The van der Waals surface area contributed by atoms with Crippen molar-refractivity contribution in [3.8, 4) is 11.1 Å². The van der Waals surface area contributed by atoms with Gasteiger partial charge in [-0.2, -0.15) is 18.3 Å². The number of amides is 1. The summed E-state index contributed by atoms with van der Waals surface area (Å²) in [4.78, 5) is 28.3. The van der Waals surface area contributed by atoms with E-state index in [1.54, 1.807) is 36.7 Å². The zero-order valence-corrected chi connectivity index (χ0v) is 20.0. The molecular weight excluding hydrogens is 499 g/mol. The molecule has 3 N–H and O–H groups in total. The van der Waals surface area contributed by atoms with Crippen LogP contribution in [0.25, 0.3) is 11.1 Å². The molecule has 1 amide bonds. The number of aliphatic carboxylic acids is 1. The van der Waals surface area contributed by atoms with E-state index in [1.807, 2.05) is 18.2 Å². The number of rotatable bonds is 10. The number of alkyl halides is 3. The Morgan fingerprint density at radius 3 is 2.32 bits per heavy atom. The fraction of sp³-hybridized carbons (Fsp3) is 0.185. The fourth-order valence-corrected chi connectivity index (χ4v) is 3.80. The van der Waals surface area contributed by atoms with Gasteiger partial charge in [0, 0.05) is 30.1 Å². The molecule has 0 bridgehead atoms. The first-order chi connectivity index (χ1) is 18.2. The lowest BCUT2D eigenvalue weighted by atomic mass is 10.0. The first-order valence-corrected chi connectivity index (χ1v) is 11.6. The van der Waals surface area contributed by atoms with Crippen molar-refractivity contribution in [1.29, 1.82) is 0 Å². The number of pyridine rings is 1. The maximum absolute atomic E-state index is 13.2. The van der Waals surface area contributed by atoms with E-state index in [2.05, 4.69) is 20.7 Å². The Kier molecular flexibility index (Phi) is 8.17. The van der Waals surface area contributed by atoms with Gasteiger partial charge < -0.3 is 15.7 Å². The smallest absolute Gasteiger partial charge is 0.416 e. The second kappa shape index (κ2) is 11.7. The molecule has 2 heterocycles. The van der Waals surface area contributed by atoms with E-state index in [1.165, 1.54) is 23.0 Å². The molecule has 1 unspecified atom stereocenters. The van der Waals surface area contributed by atoms with Gasteiger partial charge in [-0.15, -0.1) is 0 Å². The molecule has 0 saturated carbocycles. The summed E-state index contributed by atoms with van der Waals surface area (Å²) in [6.07, 6.45) is 0.714. The summed E-state index contributed by atoms with van der Waals surface area (Å²) in [6.45, 7) is 0.0966. The molecule has 0 saturated heterocycles. The van der Waals surface area contributed by atoms with Crippen LogP contribution >= 0.6 is 0 Å². The van der Waals surface area contributed by atoms with Crippen LogP contribution in [0.15, 0.2) is 85.3 Å². The first kappa shape index (κ1) is 26.6. The van der Waals surface area contributed by atoms with E-state index in [9.17, 15) is 22.8 Å².